The van der Waals surface area contributed by atoms with Crippen LogP contribution in [0, 0.1) is 11.6 Å². The summed E-state index contributed by atoms with van der Waals surface area (Å²) in [5.74, 6) is -1.27. The summed E-state index contributed by atoms with van der Waals surface area (Å²) in [5.41, 5.74) is 1.07. The molecule has 1 aliphatic rings. The average Bonchev–Trinajstić information content (AvgIpc) is 3.15. The number of nitrogens with zero attached hydrogens (tertiary/aromatic N) is 3. The van der Waals surface area contributed by atoms with E-state index in [1.54, 1.807) is 22.8 Å². The van der Waals surface area contributed by atoms with E-state index in [2.05, 4.69) is 4.98 Å². The highest BCUT2D eigenvalue weighted by molar-refractivity contribution is 7.98. The normalized spacial score (nSPS) is 14.1. The van der Waals surface area contributed by atoms with Gasteiger partial charge in [0, 0.05) is 31.8 Å². The van der Waals surface area contributed by atoms with Gasteiger partial charge in [-0.05, 0) is 42.7 Å². The van der Waals surface area contributed by atoms with E-state index in [1.165, 1.54) is 17.8 Å². The molecule has 0 unspecified atom stereocenters. The van der Waals surface area contributed by atoms with E-state index >= 15 is 0 Å². The molecule has 0 atom stereocenters. The van der Waals surface area contributed by atoms with Crippen molar-refractivity contribution in [1.82, 2.24) is 14.5 Å². The van der Waals surface area contributed by atoms with Gasteiger partial charge in [-0.1, -0.05) is 30.0 Å². The van der Waals surface area contributed by atoms with Gasteiger partial charge in [-0.3, -0.25) is 14.2 Å². The lowest BCUT2D eigenvalue weighted by molar-refractivity contribution is -0.127. The molecule has 4 rings (SSSR count). The van der Waals surface area contributed by atoms with E-state index in [0.29, 0.717) is 53.3 Å². The van der Waals surface area contributed by atoms with Gasteiger partial charge in [0.1, 0.15) is 0 Å². The molecule has 5 nitrogen and oxygen atoms in total. The minimum atomic E-state index is -0.896. The highest BCUT2D eigenvalue weighted by Gasteiger charge is 2.20. The van der Waals surface area contributed by atoms with E-state index in [4.69, 9.17) is 0 Å². The van der Waals surface area contributed by atoms with E-state index in [-0.39, 0.29) is 11.5 Å². The standard InChI is InChI=1S/C22H21F2N3O2S/c23-17-9-8-15(13-18(17)24)14-30-22-25-19-6-2-1-5-16(19)21(29)27(22)12-4-11-26-10-3-7-20(26)28/h1-2,5-6,8-9,13H,3-4,7,10-12,14H2. The summed E-state index contributed by atoms with van der Waals surface area (Å²) in [5, 5.41) is 1.06. The highest BCUT2D eigenvalue weighted by Crippen LogP contribution is 2.23. The second-order valence-corrected chi connectivity index (χ2v) is 8.19. The molecule has 0 N–H and O–H groups in total. The molecule has 0 spiro atoms. The van der Waals surface area contributed by atoms with Gasteiger partial charge in [-0.15, -0.1) is 0 Å². The van der Waals surface area contributed by atoms with Crippen LogP contribution in [0.4, 0.5) is 8.78 Å². The van der Waals surface area contributed by atoms with E-state index in [0.717, 1.165) is 25.1 Å². The summed E-state index contributed by atoms with van der Waals surface area (Å²) in [4.78, 5) is 31.4. The predicted molar refractivity (Wildman–Crippen MR) is 112 cm³/mol. The molecular formula is C22H21F2N3O2S. The van der Waals surface area contributed by atoms with Crippen molar-refractivity contribution in [3.8, 4) is 0 Å². The Kier molecular flexibility index (Phi) is 6.13. The van der Waals surface area contributed by atoms with Crippen LogP contribution in [0.5, 0.6) is 0 Å². The molecule has 1 saturated heterocycles. The van der Waals surface area contributed by atoms with Crippen LogP contribution in [0.2, 0.25) is 0 Å². The number of rotatable bonds is 7. The zero-order valence-electron chi connectivity index (χ0n) is 16.3. The van der Waals surface area contributed by atoms with Crippen LogP contribution in [0.25, 0.3) is 10.9 Å². The number of hydrogen-bond acceptors (Lipinski definition) is 4. The molecule has 30 heavy (non-hydrogen) atoms. The van der Waals surface area contributed by atoms with Crippen LogP contribution in [0.1, 0.15) is 24.8 Å². The lowest BCUT2D eigenvalue weighted by atomic mass is 10.2. The summed E-state index contributed by atoms with van der Waals surface area (Å²) in [6, 6.07) is 10.9. The number of fused-ring (bicyclic) bond motifs is 1. The SMILES string of the molecule is O=C1CCCN1CCCn1c(SCc2ccc(F)c(F)c2)nc2ccccc2c1=O. The zero-order valence-corrected chi connectivity index (χ0v) is 17.1. The van der Waals surface area contributed by atoms with Crippen molar-refractivity contribution in [1.29, 1.82) is 0 Å². The minimum Gasteiger partial charge on any atom is -0.343 e. The number of halogens is 2. The van der Waals surface area contributed by atoms with Crippen molar-refractivity contribution in [2.75, 3.05) is 13.1 Å². The van der Waals surface area contributed by atoms with Crippen LogP contribution in [-0.2, 0) is 17.1 Å². The molecule has 1 amide bonds. The third-order valence-electron chi connectivity index (χ3n) is 5.16. The van der Waals surface area contributed by atoms with Gasteiger partial charge < -0.3 is 4.90 Å². The number of carbonyl (C=O) groups is 1. The number of hydrogen-bond donors (Lipinski definition) is 0. The molecule has 8 heteroatoms. The van der Waals surface area contributed by atoms with Crippen LogP contribution in [0.3, 0.4) is 0 Å². The third kappa shape index (κ3) is 4.38. The summed E-state index contributed by atoms with van der Waals surface area (Å²) in [6.45, 7) is 1.80. The molecule has 1 fully saturated rings. The predicted octanol–water partition coefficient (Wildman–Crippen LogP) is 3.98. The van der Waals surface area contributed by atoms with Gasteiger partial charge >= 0.3 is 0 Å². The summed E-state index contributed by atoms with van der Waals surface area (Å²) < 4.78 is 28.3. The van der Waals surface area contributed by atoms with Crippen molar-refractivity contribution < 1.29 is 13.6 Å². The molecule has 3 aromatic rings. The number of para-hydroxylation sites is 1. The van der Waals surface area contributed by atoms with Gasteiger partial charge in [-0.2, -0.15) is 0 Å². The second kappa shape index (κ2) is 8.95. The first kappa shape index (κ1) is 20.5. The fourth-order valence-corrected chi connectivity index (χ4v) is 4.56. The molecule has 0 radical (unpaired) electrons. The van der Waals surface area contributed by atoms with Crippen LogP contribution in [-0.4, -0.2) is 33.4 Å². The molecule has 156 valence electrons. The summed E-state index contributed by atoms with van der Waals surface area (Å²) >= 11 is 1.31. The Morgan fingerprint density at radius 1 is 1.03 bits per heavy atom. The summed E-state index contributed by atoms with van der Waals surface area (Å²) in [6.07, 6.45) is 2.11. The fourth-order valence-electron chi connectivity index (χ4n) is 3.59. The van der Waals surface area contributed by atoms with E-state index < -0.39 is 11.6 Å². The van der Waals surface area contributed by atoms with Crippen molar-refractivity contribution in [2.24, 2.45) is 0 Å². The molecule has 0 saturated carbocycles. The van der Waals surface area contributed by atoms with Crippen LogP contribution < -0.4 is 5.56 Å². The molecule has 2 heterocycles. The lowest BCUT2D eigenvalue weighted by Crippen LogP contribution is -2.29. The quantitative estimate of drug-likeness (QED) is 0.421. The third-order valence-corrected chi connectivity index (χ3v) is 6.21. The van der Waals surface area contributed by atoms with Gasteiger partial charge in [0.05, 0.1) is 10.9 Å². The van der Waals surface area contributed by atoms with E-state index in [9.17, 15) is 18.4 Å². The van der Waals surface area contributed by atoms with E-state index in [1.807, 2.05) is 11.0 Å². The molecular weight excluding hydrogens is 408 g/mol. The largest absolute Gasteiger partial charge is 0.343 e. The van der Waals surface area contributed by atoms with Crippen LogP contribution in [0.15, 0.2) is 52.4 Å². The molecule has 1 aromatic heterocycles. The fraction of sp³-hybridized carbons (Fsp3) is 0.318. The summed E-state index contributed by atoms with van der Waals surface area (Å²) in [7, 11) is 0. The smallest absolute Gasteiger partial charge is 0.262 e. The Labute approximate surface area is 176 Å². The minimum absolute atomic E-state index is 0.138. The van der Waals surface area contributed by atoms with Crippen molar-refractivity contribution in [3.05, 3.63) is 70.0 Å². The van der Waals surface area contributed by atoms with Gasteiger partial charge in [-0.25, -0.2) is 13.8 Å². The highest BCUT2D eigenvalue weighted by atomic mass is 32.2. The maximum absolute atomic E-state index is 13.5. The van der Waals surface area contributed by atoms with Gasteiger partial charge in [0.25, 0.3) is 5.56 Å². The van der Waals surface area contributed by atoms with Gasteiger partial charge in [0.15, 0.2) is 16.8 Å². The van der Waals surface area contributed by atoms with Gasteiger partial charge in [0.2, 0.25) is 5.91 Å². The number of aromatic nitrogens is 2. The van der Waals surface area contributed by atoms with Crippen molar-refractivity contribution in [2.45, 2.75) is 36.7 Å². The topological polar surface area (TPSA) is 55.2 Å². The Morgan fingerprint density at radius 2 is 1.87 bits per heavy atom. The maximum atomic E-state index is 13.5. The first-order valence-electron chi connectivity index (χ1n) is 9.87. The number of amides is 1. The zero-order chi connectivity index (χ0) is 21.1. The Morgan fingerprint density at radius 3 is 2.63 bits per heavy atom. The van der Waals surface area contributed by atoms with Crippen molar-refractivity contribution in [3.63, 3.8) is 0 Å². The number of carbonyl (C=O) groups excluding carboxylic acids is 1. The number of likely N-dealkylation sites (tertiary alicyclic amines) is 1. The average molecular weight is 429 g/mol. The monoisotopic (exact) mass is 429 g/mol. The number of benzene rings is 2. The maximum Gasteiger partial charge on any atom is 0.262 e. The van der Waals surface area contributed by atoms with Crippen molar-refractivity contribution >= 4 is 28.6 Å². The second-order valence-electron chi connectivity index (χ2n) is 7.24. The molecule has 0 aliphatic carbocycles. The van der Waals surface area contributed by atoms with Crippen LogP contribution >= 0.6 is 11.8 Å². The number of thioether (sulfide) groups is 1. The molecule has 1 aliphatic heterocycles. The Hall–Kier alpha value is -2.74. The molecule has 0 bridgehead atoms. The Bertz CT molecular complexity index is 1150. The first-order valence-corrected chi connectivity index (χ1v) is 10.9. The lowest BCUT2D eigenvalue weighted by Gasteiger charge is -2.17. The Balaban J connectivity index is 1.57. The molecule has 2 aromatic carbocycles. The first-order chi connectivity index (χ1) is 14.5.